The molecule has 29 heavy (non-hydrogen) atoms. The fraction of sp³-hybridized carbons (Fsp3) is 0.182. The Morgan fingerprint density at radius 1 is 1.38 bits per heavy atom. The molecule has 1 aromatic heterocycles. The number of hydrogen-bond acceptors (Lipinski definition) is 4. The Bertz CT molecular complexity index is 1120. The molecule has 3 aromatic rings. The molecule has 4 rings (SSSR count). The Labute approximate surface area is 173 Å². The minimum Gasteiger partial charge on any atom is -0.507 e. The van der Waals surface area contributed by atoms with Crippen molar-refractivity contribution in [2.24, 2.45) is 0 Å². The smallest absolute Gasteiger partial charge is 0.273 e. The van der Waals surface area contributed by atoms with Gasteiger partial charge < -0.3 is 14.7 Å². The van der Waals surface area contributed by atoms with Crippen molar-refractivity contribution >= 4 is 17.5 Å². The lowest BCUT2D eigenvalue weighted by atomic mass is 9.95. The van der Waals surface area contributed by atoms with E-state index in [9.17, 15) is 9.90 Å². The summed E-state index contributed by atoms with van der Waals surface area (Å²) in [6.45, 7) is 5.96. The number of benzene rings is 2. The second-order valence-electron chi connectivity index (χ2n) is 6.90. The van der Waals surface area contributed by atoms with Crippen LogP contribution in [0, 0.1) is 6.92 Å². The van der Waals surface area contributed by atoms with Gasteiger partial charge in [-0.15, -0.1) is 6.58 Å². The zero-order valence-corrected chi connectivity index (χ0v) is 16.8. The predicted molar refractivity (Wildman–Crippen MR) is 112 cm³/mol. The molecule has 0 fully saturated rings. The summed E-state index contributed by atoms with van der Waals surface area (Å²) in [6.07, 6.45) is 1.68. The molecule has 1 atom stereocenters. The molecule has 0 spiro atoms. The number of aromatic nitrogens is 2. The van der Waals surface area contributed by atoms with Crippen LogP contribution >= 0.6 is 11.6 Å². The SMILES string of the molecule is C=CCN1C(=O)c2[nH]nc(-c3cc(Cl)c(C)cc3O)c2C1c1cccc(OC)c1. The third-order valence-electron chi connectivity index (χ3n) is 5.13. The molecule has 1 unspecified atom stereocenters. The number of phenols is 1. The molecule has 1 aliphatic rings. The normalized spacial score (nSPS) is 15.5. The zero-order chi connectivity index (χ0) is 20.7. The summed E-state index contributed by atoms with van der Waals surface area (Å²) < 4.78 is 5.36. The summed E-state index contributed by atoms with van der Waals surface area (Å²) in [5.41, 5.74) is 3.69. The lowest BCUT2D eigenvalue weighted by Gasteiger charge is -2.25. The van der Waals surface area contributed by atoms with Crippen molar-refractivity contribution in [2.45, 2.75) is 13.0 Å². The maximum atomic E-state index is 13.1. The maximum absolute atomic E-state index is 13.1. The van der Waals surface area contributed by atoms with Gasteiger partial charge in [-0.05, 0) is 42.3 Å². The first-order valence-electron chi connectivity index (χ1n) is 9.09. The quantitative estimate of drug-likeness (QED) is 0.609. The highest BCUT2D eigenvalue weighted by Crippen LogP contribution is 2.45. The van der Waals surface area contributed by atoms with Crippen LogP contribution in [0.4, 0.5) is 0 Å². The molecule has 1 aliphatic heterocycles. The molecule has 0 bridgehead atoms. The van der Waals surface area contributed by atoms with Crippen molar-refractivity contribution in [3.8, 4) is 22.8 Å². The summed E-state index contributed by atoms with van der Waals surface area (Å²) in [7, 11) is 1.60. The first kappa shape index (κ1) is 19.1. The highest BCUT2D eigenvalue weighted by molar-refractivity contribution is 6.31. The van der Waals surface area contributed by atoms with Crippen LogP contribution in [0.1, 0.15) is 33.2 Å². The van der Waals surface area contributed by atoms with E-state index in [2.05, 4.69) is 16.8 Å². The van der Waals surface area contributed by atoms with Crippen molar-refractivity contribution < 1.29 is 14.6 Å². The highest BCUT2D eigenvalue weighted by atomic mass is 35.5. The third-order valence-corrected chi connectivity index (χ3v) is 5.54. The standard InChI is InChI=1S/C22H20ClN3O3/c1-4-8-26-21(13-6-5-7-14(10-13)29-3)18-19(24-25-20(18)22(26)28)15-11-16(23)12(2)9-17(15)27/h4-7,9-11,21,27H,1,8H2,2-3H3,(H,24,25). The maximum Gasteiger partial charge on any atom is 0.273 e. The molecule has 2 heterocycles. The molecular formula is C22H20ClN3O3. The minimum atomic E-state index is -0.404. The zero-order valence-electron chi connectivity index (χ0n) is 16.1. The number of aryl methyl sites for hydroxylation is 1. The van der Waals surface area contributed by atoms with E-state index in [1.165, 1.54) is 0 Å². The van der Waals surface area contributed by atoms with Crippen LogP contribution in [-0.4, -0.2) is 39.8 Å². The van der Waals surface area contributed by atoms with Gasteiger partial charge in [-0.2, -0.15) is 5.10 Å². The summed E-state index contributed by atoms with van der Waals surface area (Å²) in [5, 5.41) is 18.3. The number of nitrogens with zero attached hydrogens (tertiary/aromatic N) is 2. The van der Waals surface area contributed by atoms with Crippen molar-refractivity contribution in [2.75, 3.05) is 13.7 Å². The van der Waals surface area contributed by atoms with Gasteiger partial charge in [0.1, 0.15) is 22.9 Å². The van der Waals surface area contributed by atoms with Crippen LogP contribution in [0.3, 0.4) is 0 Å². The number of aromatic hydroxyl groups is 1. The van der Waals surface area contributed by atoms with Crippen LogP contribution in [0.25, 0.3) is 11.3 Å². The monoisotopic (exact) mass is 409 g/mol. The van der Waals surface area contributed by atoms with Crippen LogP contribution < -0.4 is 4.74 Å². The number of ether oxygens (including phenoxy) is 1. The van der Waals surface area contributed by atoms with E-state index >= 15 is 0 Å². The Kier molecular flexibility index (Phi) is 4.80. The molecule has 0 saturated carbocycles. The van der Waals surface area contributed by atoms with Gasteiger partial charge in [-0.1, -0.05) is 29.8 Å². The van der Waals surface area contributed by atoms with Crippen molar-refractivity contribution in [3.63, 3.8) is 0 Å². The number of halogens is 1. The fourth-order valence-corrected chi connectivity index (χ4v) is 3.91. The van der Waals surface area contributed by atoms with E-state index in [-0.39, 0.29) is 11.7 Å². The topological polar surface area (TPSA) is 78.5 Å². The second kappa shape index (κ2) is 7.29. The number of aromatic amines is 1. The van der Waals surface area contributed by atoms with Crippen molar-refractivity contribution in [1.29, 1.82) is 0 Å². The average molecular weight is 410 g/mol. The number of H-pyrrole nitrogens is 1. The molecule has 0 saturated heterocycles. The van der Waals surface area contributed by atoms with Crippen molar-refractivity contribution in [3.05, 3.63) is 76.5 Å². The number of carbonyl (C=O) groups excluding carboxylic acids is 1. The largest absolute Gasteiger partial charge is 0.507 e. The van der Waals surface area contributed by atoms with Gasteiger partial charge in [0.2, 0.25) is 0 Å². The number of rotatable bonds is 5. The molecule has 2 N–H and O–H groups in total. The summed E-state index contributed by atoms with van der Waals surface area (Å²) in [5.74, 6) is 0.567. The molecule has 6 nitrogen and oxygen atoms in total. The lowest BCUT2D eigenvalue weighted by Crippen LogP contribution is -2.29. The Morgan fingerprint density at radius 3 is 2.90 bits per heavy atom. The number of phenolic OH excluding ortho intramolecular Hbond substituents is 1. The summed E-state index contributed by atoms with van der Waals surface area (Å²) >= 11 is 6.30. The fourth-order valence-electron chi connectivity index (χ4n) is 3.74. The van der Waals surface area contributed by atoms with E-state index in [0.29, 0.717) is 39.8 Å². The number of methoxy groups -OCH3 is 1. The van der Waals surface area contributed by atoms with Gasteiger partial charge in [-0.3, -0.25) is 9.89 Å². The van der Waals surface area contributed by atoms with E-state index in [0.717, 1.165) is 11.1 Å². The van der Waals surface area contributed by atoms with Crippen LogP contribution in [0.15, 0.2) is 49.1 Å². The van der Waals surface area contributed by atoms with Gasteiger partial charge in [0.15, 0.2) is 0 Å². The van der Waals surface area contributed by atoms with Gasteiger partial charge >= 0.3 is 0 Å². The van der Waals surface area contributed by atoms with E-state index in [1.54, 1.807) is 30.2 Å². The number of fused-ring (bicyclic) bond motifs is 1. The highest BCUT2D eigenvalue weighted by Gasteiger charge is 2.42. The van der Waals surface area contributed by atoms with Crippen LogP contribution in [-0.2, 0) is 0 Å². The first-order valence-corrected chi connectivity index (χ1v) is 9.47. The van der Waals surface area contributed by atoms with E-state index in [4.69, 9.17) is 16.3 Å². The van der Waals surface area contributed by atoms with Gasteiger partial charge in [0.05, 0.1) is 13.2 Å². The number of hydrogen-bond donors (Lipinski definition) is 2. The van der Waals surface area contributed by atoms with Crippen LogP contribution in [0.5, 0.6) is 11.5 Å². The van der Waals surface area contributed by atoms with Gasteiger partial charge in [-0.25, -0.2) is 0 Å². The second-order valence-corrected chi connectivity index (χ2v) is 7.31. The molecule has 2 aromatic carbocycles. The number of amides is 1. The van der Waals surface area contributed by atoms with E-state index < -0.39 is 6.04 Å². The Morgan fingerprint density at radius 2 is 2.17 bits per heavy atom. The third kappa shape index (κ3) is 3.06. The summed E-state index contributed by atoms with van der Waals surface area (Å²) in [4.78, 5) is 14.8. The molecule has 7 heteroatoms. The Balaban J connectivity index is 1.94. The Hall–Kier alpha value is -3.25. The lowest BCUT2D eigenvalue weighted by molar-refractivity contribution is 0.0764. The minimum absolute atomic E-state index is 0.0558. The van der Waals surface area contributed by atoms with Crippen LogP contribution in [0.2, 0.25) is 5.02 Å². The molecule has 0 radical (unpaired) electrons. The first-order chi connectivity index (χ1) is 14.0. The average Bonchev–Trinajstić information content (AvgIpc) is 3.25. The number of nitrogens with one attached hydrogen (secondary N) is 1. The predicted octanol–water partition coefficient (Wildman–Crippen LogP) is 4.48. The molecule has 1 amide bonds. The molecule has 148 valence electrons. The van der Waals surface area contributed by atoms with Gasteiger partial charge in [0, 0.05) is 22.7 Å². The molecular weight excluding hydrogens is 390 g/mol. The van der Waals surface area contributed by atoms with Gasteiger partial charge in [0.25, 0.3) is 5.91 Å². The molecule has 0 aliphatic carbocycles. The van der Waals surface area contributed by atoms with Crippen molar-refractivity contribution in [1.82, 2.24) is 15.1 Å². The summed E-state index contributed by atoms with van der Waals surface area (Å²) in [6, 6.07) is 10.4. The number of carbonyl (C=O) groups is 1. The van der Waals surface area contributed by atoms with E-state index in [1.807, 2.05) is 31.2 Å².